The molecule has 26 heavy (non-hydrogen) atoms. The van der Waals surface area contributed by atoms with Crippen LogP contribution in [0.5, 0.6) is 0 Å². The molecule has 1 aromatic heterocycles. The number of amides is 1. The Morgan fingerprint density at radius 3 is 2.69 bits per heavy atom. The number of benzene rings is 1. The Bertz CT molecular complexity index is 814. The maximum atomic E-state index is 13.0. The summed E-state index contributed by atoms with van der Waals surface area (Å²) in [6.07, 6.45) is -3.67. The van der Waals surface area contributed by atoms with Gasteiger partial charge in [0.15, 0.2) is 0 Å². The largest absolute Gasteiger partial charge is 0.438 e. The van der Waals surface area contributed by atoms with Crippen molar-refractivity contribution in [3.63, 3.8) is 0 Å². The van der Waals surface area contributed by atoms with E-state index in [1.54, 1.807) is 26.8 Å². The van der Waals surface area contributed by atoms with E-state index in [4.69, 9.17) is 9.15 Å². The summed E-state index contributed by atoms with van der Waals surface area (Å²) in [5.74, 6) is 0.0599. The van der Waals surface area contributed by atoms with E-state index in [1.807, 2.05) is 0 Å². The van der Waals surface area contributed by atoms with Crippen LogP contribution in [0.15, 0.2) is 34.9 Å². The summed E-state index contributed by atoms with van der Waals surface area (Å²) in [6, 6.07) is 4.98. The molecule has 1 amide bonds. The Kier molecular flexibility index (Phi) is 4.56. The van der Waals surface area contributed by atoms with Gasteiger partial charge in [-0.25, -0.2) is 4.98 Å². The molecule has 0 spiro atoms. The standard InChI is InChI=1S/C18H19F3N2O3/c1-11-8-22-15(25-11)16(24)23-9-14(26-17(2,3)10-23)12-5-4-6-13(7-12)18(19,20)21/h4-8,14H,9-10H2,1-3H3. The fourth-order valence-electron chi connectivity index (χ4n) is 3.02. The third kappa shape index (κ3) is 3.90. The lowest BCUT2D eigenvalue weighted by Gasteiger charge is -2.42. The monoisotopic (exact) mass is 368 g/mol. The molecule has 0 saturated carbocycles. The van der Waals surface area contributed by atoms with Gasteiger partial charge < -0.3 is 14.1 Å². The summed E-state index contributed by atoms with van der Waals surface area (Å²) in [5, 5.41) is 0. The Balaban J connectivity index is 1.88. The van der Waals surface area contributed by atoms with E-state index in [9.17, 15) is 18.0 Å². The van der Waals surface area contributed by atoms with E-state index >= 15 is 0 Å². The Hall–Kier alpha value is -2.35. The summed E-state index contributed by atoms with van der Waals surface area (Å²) in [4.78, 5) is 18.1. The van der Waals surface area contributed by atoms with Gasteiger partial charge in [-0.3, -0.25) is 4.79 Å². The first-order valence-corrected chi connectivity index (χ1v) is 8.12. The molecular weight excluding hydrogens is 349 g/mol. The third-order valence-corrected chi connectivity index (χ3v) is 4.10. The average molecular weight is 368 g/mol. The van der Waals surface area contributed by atoms with Crippen molar-refractivity contribution in [2.45, 2.75) is 38.7 Å². The number of rotatable bonds is 2. The molecule has 2 heterocycles. The molecule has 140 valence electrons. The van der Waals surface area contributed by atoms with Gasteiger partial charge >= 0.3 is 12.1 Å². The van der Waals surface area contributed by atoms with Gasteiger partial charge in [0.05, 0.1) is 23.9 Å². The topological polar surface area (TPSA) is 55.6 Å². The van der Waals surface area contributed by atoms with E-state index in [0.717, 1.165) is 12.1 Å². The molecule has 8 heteroatoms. The normalized spacial score (nSPS) is 20.2. The van der Waals surface area contributed by atoms with E-state index in [2.05, 4.69) is 4.98 Å². The second-order valence-electron chi connectivity index (χ2n) is 6.95. The first kappa shape index (κ1) is 18.4. The molecule has 5 nitrogen and oxygen atoms in total. The molecule has 1 aliphatic heterocycles. The number of halogens is 3. The zero-order chi connectivity index (χ0) is 19.1. The predicted molar refractivity (Wildman–Crippen MR) is 86.5 cm³/mol. The number of hydrogen-bond acceptors (Lipinski definition) is 4. The molecular formula is C18H19F3N2O3. The number of ether oxygens (including phenoxy) is 1. The number of carbonyl (C=O) groups is 1. The lowest BCUT2D eigenvalue weighted by Crippen LogP contribution is -2.51. The van der Waals surface area contributed by atoms with Crippen molar-refractivity contribution in [3.8, 4) is 0 Å². The lowest BCUT2D eigenvalue weighted by molar-refractivity contribution is -0.138. The molecule has 1 atom stereocenters. The highest BCUT2D eigenvalue weighted by atomic mass is 19.4. The first-order chi connectivity index (χ1) is 12.0. The first-order valence-electron chi connectivity index (χ1n) is 8.12. The summed E-state index contributed by atoms with van der Waals surface area (Å²) in [7, 11) is 0. The Labute approximate surface area is 148 Å². The minimum atomic E-state index is -4.44. The molecule has 1 saturated heterocycles. The van der Waals surface area contributed by atoms with Crippen molar-refractivity contribution in [2.75, 3.05) is 13.1 Å². The smallest absolute Gasteiger partial charge is 0.416 e. The molecule has 0 N–H and O–H groups in total. The number of morpholine rings is 1. The van der Waals surface area contributed by atoms with E-state index < -0.39 is 29.4 Å². The summed E-state index contributed by atoms with van der Waals surface area (Å²) in [6.45, 7) is 5.65. The fourth-order valence-corrected chi connectivity index (χ4v) is 3.02. The zero-order valence-corrected chi connectivity index (χ0v) is 14.6. The van der Waals surface area contributed by atoms with Gasteiger partial charge in [0.25, 0.3) is 5.89 Å². The van der Waals surface area contributed by atoms with Gasteiger partial charge in [0, 0.05) is 6.54 Å². The number of nitrogens with zero attached hydrogens (tertiary/aromatic N) is 2. The second kappa shape index (κ2) is 6.42. The predicted octanol–water partition coefficient (Wildman–Crippen LogP) is 3.99. The molecule has 0 radical (unpaired) electrons. The van der Waals surface area contributed by atoms with Gasteiger partial charge in [-0.2, -0.15) is 13.2 Å². The van der Waals surface area contributed by atoms with Crippen LogP contribution in [0.25, 0.3) is 0 Å². The molecule has 1 aliphatic rings. The van der Waals surface area contributed by atoms with Crippen molar-refractivity contribution < 1.29 is 27.1 Å². The van der Waals surface area contributed by atoms with Crippen molar-refractivity contribution in [1.29, 1.82) is 0 Å². The molecule has 1 fully saturated rings. The van der Waals surface area contributed by atoms with Gasteiger partial charge in [0.1, 0.15) is 11.9 Å². The molecule has 0 aliphatic carbocycles. The number of oxazole rings is 1. The molecule has 1 unspecified atom stereocenters. The van der Waals surface area contributed by atoms with Gasteiger partial charge in [0.2, 0.25) is 0 Å². The minimum Gasteiger partial charge on any atom is -0.438 e. The third-order valence-electron chi connectivity index (χ3n) is 4.10. The number of aryl methyl sites for hydroxylation is 1. The Morgan fingerprint density at radius 2 is 2.08 bits per heavy atom. The molecule has 2 aromatic rings. The van der Waals surface area contributed by atoms with Crippen LogP contribution in [0.3, 0.4) is 0 Å². The maximum Gasteiger partial charge on any atom is 0.416 e. The van der Waals surface area contributed by atoms with Crippen molar-refractivity contribution >= 4 is 5.91 Å². The number of alkyl halides is 3. The van der Waals surface area contributed by atoms with E-state index in [-0.39, 0.29) is 19.0 Å². The lowest BCUT2D eigenvalue weighted by atomic mass is 9.99. The summed E-state index contributed by atoms with van der Waals surface area (Å²) >= 11 is 0. The number of aromatic nitrogens is 1. The SMILES string of the molecule is Cc1cnc(C(=O)N2CC(c3cccc(C(F)(F)F)c3)OC(C)(C)C2)o1. The van der Waals surface area contributed by atoms with Gasteiger partial charge in [-0.15, -0.1) is 0 Å². The number of hydrogen-bond donors (Lipinski definition) is 0. The van der Waals surface area contributed by atoms with Crippen molar-refractivity contribution in [1.82, 2.24) is 9.88 Å². The van der Waals surface area contributed by atoms with Crippen molar-refractivity contribution in [2.24, 2.45) is 0 Å². The Morgan fingerprint density at radius 1 is 1.35 bits per heavy atom. The average Bonchev–Trinajstić information content (AvgIpc) is 2.98. The molecule has 1 aromatic carbocycles. The van der Waals surface area contributed by atoms with Crippen LogP contribution >= 0.6 is 0 Å². The highest BCUT2D eigenvalue weighted by molar-refractivity contribution is 5.89. The van der Waals surface area contributed by atoms with Crippen molar-refractivity contribution in [3.05, 3.63) is 53.2 Å². The van der Waals surface area contributed by atoms with Crippen LogP contribution in [-0.4, -0.2) is 34.5 Å². The molecule has 0 bridgehead atoms. The highest BCUT2D eigenvalue weighted by Gasteiger charge is 2.39. The van der Waals surface area contributed by atoms with Crippen LogP contribution in [0.4, 0.5) is 13.2 Å². The van der Waals surface area contributed by atoms with E-state index in [0.29, 0.717) is 11.3 Å². The van der Waals surface area contributed by atoms with Gasteiger partial charge in [-0.1, -0.05) is 12.1 Å². The molecule has 3 rings (SSSR count). The highest BCUT2D eigenvalue weighted by Crippen LogP contribution is 2.35. The quantitative estimate of drug-likeness (QED) is 0.804. The van der Waals surface area contributed by atoms with Crippen LogP contribution in [-0.2, 0) is 10.9 Å². The van der Waals surface area contributed by atoms with Crippen LogP contribution < -0.4 is 0 Å². The summed E-state index contributed by atoms with van der Waals surface area (Å²) < 4.78 is 50.2. The van der Waals surface area contributed by atoms with Crippen LogP contribution in [0.2, 0.25) is 0 Å². The summed E-state index contributed by atoms with van der Waals surface area (Å²) in [5.41, 5.74) is -1.11. The zero-order valence-electron chi connectivity index (χ0n) is 14.6. The van der Waals surface area contributed by atoms with E-state index in [1.165, 1.54) is 17.2 Å². The minimum absolute atomic E-state index is 0.0389. The second-order valence-corrected chi connectivity index (χ2v) is 6.95. The maximum absolute atomic E-state index is 13.0. The fraction of sp³-hybridized carbons (Fsp3) is 0.444. The van der Waals surface area contributed by atoms with Crippen LogP contribution in [0.1, 0.15) is 47.5 Å². The van der Waals surface area contributed by atoms with Crippen LogP contribution in [0, 0.1) is 6.92 Å². The van der Waals surface area contributed by atoms with Gasteiger partial charge in [-0.05, 0) is 38.5 Å². The number of carbonyl (C=O) groups excluding carboxylic acids is 1.